The lowest BCUT2D eigenvalue weighted by atomic mass is 10.0. The number of nitrogens with zero attached hydrogens (tertiary/aromatic N) is 5. The number of ether oxygens (including phenoxy) is 1. The Balaban J connectivity index is 1.37. The van der Waals surface area contributed by atoms with Crippen molar-refractivity contribution in [2.24, 2.45) is 5.92 Å². The van der Waals surface area contributed by atoms with E-state index in [1.807, 2.05) is 31.2 Å². The minimum Gasteiger partial charge on any atom is -0.484 e. The number of aromatic nitrogens is 4. The molecule has 0 bridgehead atoms. The summed E-state index contributed by atoms with van der Waals surface area (Å²) in [5, 5.41) is 3.98. The van der Waals surface area contributed by atoms with Gasteiger partial charge in [0.15, 0.2) is 17.5 Å². The van der Waals surface area contributed by atoms with E-state index in [0.29, 0.717) is 30.7 Å². The first kappa shape index (κ1) is 20.5. The van der Waals surface area contributed by atoms with Crippen LogP contribution < -0.4 is 4.74 Å². The lowest BCUT2D eigenvalue weighted by Gasteiger charge is -2.28. The van der Waals surface area contributed by atoms with Gasteiger partial charge in [-0.3, -0.25) is 0 Å². The number of hydrogen-bond donors (Lipinski definition) is 0. The summed E-state index contributed by atoms with van der Waals surface area (Å²) in [5.74, 6) is 2.05. The molecule has 1 fully saturated rings. The number of sulfonamides is 1. The van der Waals surface area contributed by atoms with E-state index in [-0.39, 0.29) is 18.2 Å². The first-order valence-corrected chi connectivity index (χ1v) is 11.4. The van der Waals surface area contributed by atoms with Crippen LogP contribution in [0, 0.1) is 12.8 Å². The van der Waals surface area contributed by atoms with E-state index in [0.717, 1.165) is 24.2 Å². The van der Waals surface area contributed by atoms with Crippen molar-refractivity contribution in [1.29, 1.82) is 0 Å². The molecule has 0 amide bonds. The smallest absolute Gasteiger partial charge is 0.264 e. The second kappa shape index (κ2) is 8.57. The summed E-state index contributed by atoms with van der Waals surface area (Å²) >= 11 is 0. The predicted octanol–water partition coefficient (Wildman–Crippen LogP) is 2.62. The topological polar surface area (TPSA) is 103 Å². The van der Waals surface area contributed by atoms with Crippen molar-refractivity contribution in [3.63, 3.8) is 0 Å². The molecule has 4 rings (SSSR count). The quantitative estimate of drug-likeness (QED) is 0.566. The highest BCUT2D eigenvalue weighted by molar-refractivity contribution is 7.89. The van der Waals surface area contributed by atoms with E-state index in [1.165, 1.54) is 16.8 Å². The van der Waals surface area contributed by atoms with Crippen LogP contribution in [0.2, 0.25) is 0 Å². The summed E-state index contributed by atoms with van der Waals surface area (Å²) in [7, 11) is -3.58. The summed E-state index contributed by atoms with van der Waals surface area (Å²) in [4.78, 5) is 8.39. The van der Waals surface area contributed by atoms with Crippen molar-refractivity contribution in [1.82, 2.24) is 24.0 Å². The molecule has 3 aromatic rings. The minimum absolute atomic E-state index is 0.0450. The van der Waals surface area contributed by atoms with Gasteiger partial charge in [0.1, 0.15) is 5.75 Å². The predicted molar refractivity (Wildman–Crippen MR) is 108 cm³/mol. The molecule has 1 saturated heterocycles. The maximum atomic E-state index is 12.8. The van der Waals surface area contributed by atoms with Crippen LogP contribution in [0.3, 0.4) is 0 Å². The van der Waals surface area contributed by atoms with E-state index in [2.05, 4.69) is 22.0 Å². The fourth-order valence-corrected chi connectivity index (χ4v) is 4.75. The number of aryl methyl sites for hydroxylation is 1. The van der Waals surface area contributed by atoms with Crippen molar-refractivity contribution in [2.75, 3.05) is 13.1 Å². The van der Waals surface area contributed by atoms with Gasteiger partial charge in [-0.05, 0) is 43.4 Å². The first-order chi connectivity index (χ1) is 14.4. The fraction of sp³-hybridized carbons (Fsp3) is 0.450. The zero-order valence-corrected chi connectivity index (χ0v) is 17.9. The standard InChI is InChI=1S/C20H25N5O4S/c1-15-6-8-25(9-7-15)30(26,27)20-12-24(14-21-20)11-18-22-19(29-23-18)13-28-17-5-3-4-16(2)10-17/h3-5,10,12,14-15H,6-9,11,13H2,1-2H3. The van der Waals surface area contributed by atoms with Crippen LogP contribution in [0.25, 0.3) is 0 Å². The number of piperidine rings is 1. The van der Waals surface area contributed by atoms with E-state index in [1.54, 1.807) is 4.57 Å². The van der Waals surface area contributed by atoms with Gasteiger partial charge in [-0.15, -0.1) is 0 Å². The summed E-state index contributed by atoms with van der Waals surface area (Å²) in [6.45, 7) is 5.62. The van der Waals surface area contributed by atoms with Gasteiger partial charge in [0.2, 0.25) is 0 Å². The van der Waals surface area contributed by atoms with E-state index < -0.39 is 10.0 Å². The maximum absolute atomic E-state index is 12.8. The summed E-state index contributed by atoms with van der Waals surface area (Å²) in [6, 6.07) is 7.69. The van der Waals surface area contributed by atoms with Crippen molar-refractivity contribution < 1.29 is 17.7 Å². The molecule has 0 radical (unpaired) electrons. The number of benzene rings is 1. The molecule has 3 heterocycles. The molecule has 0 saturated carbocycles. The number of imidazole rings is 1. The molecule has 1 aliphatic heterocycles. The SMILES string of the molecule is Cc1cccc(OCc2nc(Cn3cnc(S(=O)(=O)N4CCC(C)CC4)c3)no2)c1. The zero-order valence-electron chi connectivity index (χ0n) is 17.1. The Morgan fingerprint density at radius 2 is 2.07 bits per heavy atom. The third-order valence-corrected chi connectivity index (χ3v) is 6.93. The van der Waals surface area contributed by atoms with Gasteiger partial charge in [-0.25, -0.2) is 13.4 Å². The van der Waals surface area contributed by atoms with E-state index in [4.69, 9.17) is 9.26 Å². The molecule has 1 aromatic carbocycles. The Morgan fingerprint density at radius 1 is 1.27 bits per heavy atom. The van der Waals surface area contributed by atoms with Crippen molar-refractivity contribution in [3.8, 4) is 5.75 Å². The van der Waals surface area contributed by atoms with E-state index >= 15 is 0 Å². The maximum Gasteiger partial charge on any atom is 0.264 e. The third-order valence-electron chi connectivity index (χ3n) is 5.14. The van der Waals surface area contributed by atoms with Gasteiger partial charge in [-0.2, -0.15) is 9.29 Å². The molecule has 30 heavy (non-hydrogen) atoms. The largest absolute Gasteiger partial charge is 0.484 e. The van der Waals surface area contributed by atoms with Crippen molar-refractivity contribution in [2.45, 2.75) is 44.9 Å². The van der Waals surface area contributed by atoms with Gasteiger partial charge in [0.05, 0.1) is 12.9 Å². The molecule has 0 aliphatic carbocycles. The molecule has 0 spiro atoms. The van der Waals surface area contributed by atoms with Crippen LogP contribution in [0.5, 0.6) is 5.75 Å². The minimum atomic E-state index is -3.58. The fourth-order valence-electron chi connectivity index (χ4n) is 3.34. The van der Waals surface area contributed by atoms with Gasteiger partial charge in [-0.1, -0.05) is 24.2 Å². The number of rotatable bonds is 7. The van der Waals surface area contributed by atoms with Gasteiger partial charge in [0.25, 0.3) is 15.9 Å². The van der Waals surface area contributed by atoms with Crippen molar-refractivity contribution >= 4 is 10.0 Å². The van der Waals surface area contributed by atoms with Crippen LogP contribution >= 0.6 is 0 Å². The van der Waals surface area contributed by atoms with Gasteiger partial charge < -0.3 is 13.8 Å². The summed E-state index contributed by atoms with van der Waals surface area (Å²) < 4.78 is 39.6. The third kappa shape index (κ3) is 4.71. The molecule has 160 valence electrons. The Labute approximate surface area is 175 Å². The highest BCUT2D eigenvalue weighted by Crippen LogP contribution is 2.22. The second-order valence-corrected chi connectivity index (χ2v) is 9.57. The molecule has 2 aromatic heterocycles. The van der Waals surface area contributed by atoms with Crippen LogP contribution in [0.1, 0.15) is 37.0 Å². The van der Waals surface area contributed by atoms with Gasteiger partial charge in [0, 0.05) is 19.3 Å². The Hall–Kier alpha value is -2.72. The van der Waals surface area contributed by atoms with Crippen LogP contribution in [-0.4, -0.2) is 45.5 Å². The molecule has 0 unspecified atom stereocenters. The molecule has 0 N–H and O–H groups in total. The molecule has 1 aliphatic rings. The number of hydrogen-bond acceptors (Lipinski definition) is 7. The molecule has 0 atom stereocenters. The highest BCUT2D eigenvalue weighted by atomic mass is 32.2. The van der Waals surface area contributed by atoms with Crippen molar-refractivity contribution in [3.05, 3.63) is 54.1 Å². The highest BCUT2D eigenvalue weighted by Gasteiger charge is 2.29. The molecular weight excluding hydrogens is 406 g/mol. The first-order valence-electron chi connectivity index (χ1n) is 9.93. The molecule has 9 nitrogen and oxygen atoms in total. The average molecular weight is 432 g/mol. The van der Waals surface area contributed by atoms with Gasteiger partial charge >= 0.3 is 0 Å². The normalized spacial score (nSPS) is 16.1. The van der Waals surface area contributed by atoms with E-state index in [9.17, 15) is 8.42 Å². The monoisotopic (exact) mass is 431 g/mol. The molecule has 10 heteroatoms. The zero-order chi connectivity index (χ0) is 21.1. The van der Waals surface area contributed by atoms with Crippen LogP contribution in [-0.2, 0) is 23.2 Å². The van der Waals surface area contributed by atoms with Crippen LogP contribution in [0.15, 0.2) is 46.3 Å². The lowest BCUT2D eigenvalue weighted by Crippen LogP contribution is -2.38. The summed E-state index contributed by atoms with van der Waals surface area (Å²) in [5.41, 5.74) is 1.10. The van der Waals surface area contributed by atoms with Crippen LogP contribution in [0.4, 0.5) is 0 Å². The average Bonchev–Trinajstić information content (AvgIpc) is 3.37. The Bertz CT molecular complexity index is 1100. The Kier molecular flexibility index (Phi) is 5.87. The lowest BCUT2D eigenvalue weighted by molar-refractivity contribution is 0.242. The Morgan fingerprint density at radius 3 is 2.83 bits per heavy atom. The summed E-state index contributed by atoms with van der Waals surface area (Å²) in [6.07, 6.45) is 4.72. The second-order valence-electron chi connectivity index (χ2n) is 7.68. The molecular formula is C20H25N5O4S.